The number of allylic oxidation sites excluding steroid dienone is 6. The van der Waals surface area contributed by atoms with E-state index in [4.69, 9.17) is 13.6 Å². The number of hydrogen-bond donors (Lipinski definition) is 0. The van der Waals surface area contributed by atoms with Crippen molar-refractivity contribution in [2.75, 3.05) is 19.8 Å². The van der Waals surface area contributed by atoms with Crippen LogP contribution in [0.15, 0.2) is 36.5 Å². The number of unbranched alkanes of at least 4 members (excludes halogenated alkanes) is 33. The normalized spacial score (nSPS) is 12.4. The van der Waals surface area contributed by atoms with Gasteiger partial charge in [-0.15, -0.1) is 0 Å². The molecule has 0 saturated carbocycles. The minimum Gasteiger partial charge on any atom is -0.287 e. The van der Waals surface area contributed by atoms with Crippen molar-refractivity contribution in [3.8, 4) is 0 Å². The molecule has 0 saturated heterocycles. The lowest BCUT2D eigenvalue weighted by Crippen LogP contribution is -2.04. The molecule has 0 aliphatic heterocycles. The summed E-state index contributed by atoms with van der Waals surface area (Å²) in [4.78, 5) is 0. The summed E-state index contributed by atoms with van der Waals surface area (Å²) in [6.45, 7) is 8.20. The van der Waals surface area contributed by atoms with Gasteiger partial charge in [-0.1, -0.05) is 211 Å². The molecule has 0 radical (unpaired) electrons. The van der Waals surface area contributed by atoms with E-state index >= 15 is 0 Å². The maximum atomic E-state index is 13.6. The lowest BCUT2D eigenvalue weighted by Gasteiger charge is -2.18. The first kappa shape index (κ1) is 55.3. The third kappa shape index (κ3) is 46.0. The Morgan fingerprint density at radius 3 is 0.661 bits per heavy atom. The zero-order chi connectivity index (χ0) is 40.6. The molecule has 5 heteroatoms. The summed E-state index contributed by atoms with van der Waals surface area (Å²) in [7, 11) is -3.51. The zero-order valence-corrected chi connectivity index (χ0v) is 39.1. The predicted octanol–water partition coefficient (Wildman–Crippen LogP) is 19.1. The highest BCUT2D eigenvalue weighted by Gasteiger charge is 2.26. The molecule has 56 heavy (non-hydrogen) atoms. The largest absolute Gasteiger partial charge is 0.474 e. The fourth-order valence-electron chi connectivity index (χ4n) is 7.16. The third-order valence-corrected chi connectivity index (χ3v) is 12.5. The van der Waals surface area contributed by atoms with Crippen LogP contribution < -0.4 is 0 Å². The Morgan fingerprint density at radius 2 is 0.446 bits per heavy atom. The van der Waals surface area contributed by atoms with E-state index in [2.05, 4.69) is 57.2 Å². The molecule has 0 aromatic carbocycles. The standard InChI is InChI=1S/C51H99O4P/c1-4-7-10-13-16-19-22-25-28-31-34-37-40-43-46-49-53-56(52,54-50-47-44-41-38-35-32-29-26-23-20-17-14-11-8-5-2)55-51-48-45-42-39-36-33-30-27-24-21-18-15-12-9-6-3/h25-30H,4-24,31-51H2,1-3H3/b28-25-,29-26-,30-27-. The molecule has 0 spiro atoms. The van der Waals surface area contributed by atoms with Crippen LogP contribution in [-0.4, -0.2) is 19.8 Å². The molecule has 0 aliphatic rings. The molecule has 0 N–H and O–H groups in total. The zero-order valence-electron chi connectivity index (χ0n) is 38.2. The number of phosphoric acid groups is 1. The van der Waals surface area contributed by atoms with Gasteiger partial charge in [0.2, 0.25) is 0 Å². The number of rotatable bonds is 48. The lowest BCUT2D eigenvalue weighted by atomic mass is 10.1. The highest BCUT2D eigenvalue weighted by atomic mass is 31.2. The molecule has 0 aromatic rings. The molecule has 0 aromatic heterocycles. The van der Waals surface area contributed by atoms with Crippen molar-refractivity contribution in [1.82, 2.24) is 0 Å². The summed E-state index contributed by atoms with van der Waals surface area (Å²) < 4.78 is 31.2. The second kappa shape index (κ2) is 48.7. The van der Waals surface area contributed by atoms with E-state index in [-0.39, 0.29) is 0 Å². The molecule has 0 unspecified atom stereocenters. The molecule has 0 bridgehead atoms. The first-order chi connectivity index (χ1) is 27.7. The third-order valence-electron chi connectivity index (χ3n) is 11.0. The summed E-state index contributed by atoms with van der Waals surface area (Å²) in [6.07, 6.45) is 63.4. The van der Waals surface area contributed by atoms with Gasteiger partial charge in [0.05, 0.1) is 19.8 Å². The van der Waals surface area contributed by atoms with E-state index < -0.39 is 7.82 Å². The van der Waals surface area contributed by atoms with Crippen LogP contribution in [0, 0.1) is 0 Å². The Bertz CT molecular complexity index is 759. The maximum absolute atomic E-state index is 13.6. The van der Waals surface area contributed by atoms with E-state index in [9.17, 15) is 4.57 Å². The average molecular weight is 807 g/mol. The SMILES string of the molecule is CCCCCCCC/C=C\CCCCCCCOP(=O)(OCCCCCCC/C=C\CCCCCCCC)OCCCCCCC/C=C\CCCCCCCC. The van der Waals surface area contributed by atoms with Crippen molar-refractivity contribution < 1.29 is 18.1 Å². The first-order valence-electron chi connectivity index (χ1n) is 25.2. The Hall–Kier alpha value is -0.670. The van der Waals surface area contributed by atoms with Gasteiger partial charge >= 0.3 is 7.82 Å². The second-order valence-electron chi connectivity index (χ2n) is 16.7. The maximum Gasteiger partial charge on any atom is 0.474 e. The van der Waals surface area contributed by atoms with Crippen molar-refractivity contribution in [1.29, 1.82) is 0 Å². The van der Waals surface area contributed by atoms with E-state index in [1.54, 1.807) is 0 Å². The summed E-state index contributed by atoms with van der Waals surface area (Å²) in [5.41, 5.74) is 0. The van der Waals surface area contributed by atoms with Crippen molar-refractivity contribution in [2.24, 2.45) is 0 Å². The molecule has 0 fully saturated rings. The van der Waals surface area contributed by atoms with E-state index in [1.807, 2.05) is 0 Å². The highest BCUT2D eigenvalue weighted by Crippen LogP contribution is 2.50. The van der Waals surface area contributed by atoms with Crippen molar-refractivity contribution in [3.05, 3.63) is 36.5 Å². The topological polar surface area (TPSA) is 44.8 Å². The van der Waals surface area contributed by atoms with Gasteiger partial charge in [-0.3, -0.25) is 13.6 Å². The fraction of sp³-hybridized carbons (Fsp3) is 0.882. The van der Waals surface area contributed by atoms with Gasteiger partial charge in [0.1, 0.15) is 0 Å². The summed E-state index contributed by atoms with van der Waals surface area (Å²) in [5, 5.41) is 0. The molecule has 0 aliphatic carbocycles. The Balaban J connectivity index is 4.19. The molecular formula is C51H99O4P. The minimum absolute atomic E-state index is 0.453. The van der Waals surface area contributed by atoms with E-state index in [1.165, 1.54) is 212 Å². The molecule has 0 atom stereocenters. The van der Waals surface area contributed by atoms with Crippen LogP contribution in [0.5, 0.6) is 0 Å². The second-order valence-corrected chi connectivity index (χ2v) is 18.4. The predicted molar refractivity (Wildman–Crippen MR) is 250 cm³/mol. The van der Waals surface area contributed by atoms with Gasteiger partial charge < -0.3 is 0 Å². The van der Waals surface area contributed by atoms with Gasteiger partial charge in [0.15, 0.2) is 0 Å². The number of hydrogen-bond acceptors (Lipinski definition) is 4. The Morgan fingerprint density at radius 1 is 0.268 bits per heavy atom. The van der Waals surface area contributed by atoms with Crippen molar-refractivity contribution in [3.63, 3.8) is 0 Å². The molecule has 0 rings (SSSR count). The fourth-order valence-corrected chi connectivity index (χ4v) is 8.44. The molecule has 0 amide bonds. The lowest BCUT2D eigenvalue weighted by molar-refractivity contribution is 0.108. The van der Waals surface area contributed by atoms with E-state index in [0.717, 1.165) is 38.5 Å². The Labute approximate surface area is 352 Å². The van der Waals surface area contributed by atoms with Crippen LogP contribution in [0.1, 0.15) is 271 Å². The van der Waals surface area contributed by atoms with Crippen LogP contribution in [0.3, 0.4) is 0 Å². The van der Waals surface area contributed by atoms with Gasteiger partial charge in [-0.2, -0.15) is 0 Å². The van der Waals surface area contributed by atoms with Crippen LogP contribution >= 0.6 is 7.82 Å². The minimum atomic E-state index is -3.51. The molecule has 0 heterocycles. The van der Waals surface area contributed by atoms with Gasteiger partial charge in [0, 0.05) is 0 Å². The van der Waals surface area contributed by atoms with Gasteiger partial charge in [-0.05, 0) is 96.3 Å². The van der Waals surface area contributed by atoms with Crippen LogP contribution in [-0.2, 0) is 18.1 Å². The van der Waals surface area contributed by atoms with Crippen molar-refractivity contribution in [2.45, 2.75) is 271 Å². The van der Waals surface area contributed by atoms with Crippen LogP contribution in [0.4, 0.5) is 0 Å². The first-order valence-corrected chi connectivity index (χ1v) is 26.6. The smallest absolute Gasteiger partial charge is 0.287 e. The summed E-state index contributed by atoms with van der Waals surface area (Å²) in [5.74, 6) is 0. The summed E-state index contributed by atoms with van der Waals surface area (Å²) in [6, 6.07) is 0. The van der Waals surface area contributed by atoms with Crippen molar-refractivity contribution >= 4 is 7.82 Å². The van der Waals surface area contributed by atoms with Gasteiger partial charge in [0.25, 0.3) is 0 Å². The highest BCUT2D eigenvalue weighted by molar-refractivity contribution is 7.48. The monoisotopic (exact) mass is 807 g/mol. The van der Waals surface area contributed by atoms with Crippen LogP contribution in [0.25, 0.3) is 0 Å². The summed E-state index contributed by atoms with van der Waals surface area (Å²) >= 11 is 0. The average Bonchev–Trinajstić information content (AvgIpc) is 3.20. The molecular weight excluding hydrogens is 708 g/mol. The van der Waals surface area contributed by atoms with E-state index in [0.29, 0.717) is 19.8 Å². The molecule has 332 valence electrons. The number of phosphoric ester groups is 1. The quantitative estimate of drug-likeness (QED) is 0.0349. The van der Waals surface area contributed by atoms with Gasteiger partial charge in [-0.25, -0.2) is 4.57 Å². The van der Waals surface area contributed by atoms with Crippen LogP contribution in [0.2, 0.25) is 0 Å². The Kier molecular flexibility index (Phi) is 48.1. The molecule has 4 nitrogen and oxygen atoms in total.